The summed E-state index contributed by atoms with van der Waals surface area (Å²) < 4.78 is 9.56. The molecule has 0 aromatic carbocycles. The fraction of sp³-hybridized carbons (Fsp3) is 0.636. The van der Waals surface area contributed by atoms with E-state index in [1.54, 1.807) is 6.92 Å². The van der Waals surface area contributed by atoms with Crippen molar-refractivity contribution in [3.05, 3.63) is 11.8 Å². The second-order valence-electron chi connectivity index (χ2n) is 3.14. The van der Waals surface area contributed by atoms with E-state index in [1.807, 2.05) is 6.92 Å². The van der Waals surface area contributed by atoms with Crippen molar-refractivity contribution in [3.63, 3.8) is 0 Å². The Balaban J connectivity index is 4.13. The lowest BCUT2D eigenvalue weighted by molar-refractivity contribution is -0.144. The summed E-state index contributed by atoms with van der Waals surface area (Å²) >= 11 is 0. The van der Waals surface area contributed by atoms with E-state index in [-0.39, 0.29) is 6.61 Å². The van der Waals surface area contributed by atoms with Crippen LogP contribution in [0.25, 0.3) is 0 Å². The summed E-state index contributed by atoms with van der Waals surface area (Å²) in [5, 5.41) is 8.72. The topological polar surface area (TPSA) is 72.8 Å². The lowest BCUT2D eigenvalue weighted by Crippen LogP contribution is -2.16. The highest BCUT2D eigenvalue weighted by atomic mass is 16.5. The van der Waals surface area contributed by atoms with Gasteiger partial charge < -0.3 is 14.6 Å². The van der Waals surface area contributed by atoms with Crippen LogP contribution >= 0.6 is 0 Å². The van der Waals surface area contributed by atoms with Crippen molar-refractivity contribution < 1.29 is 24.2 Å². The molecule has 0 aromatic heterocycles. The molecular formula is C11H18O5. The summed E-state index contributed by atoms with van der Waals surface area (Å²) in [6.45, 7) is 4.27. The zero-order chi connectivity index (χ0) is 12.4. The van der Waals surface area contributed by atoms with Crippen LogP contribution in [0.4, 0.5) is 0 Å². The summed E-state index contributed by atoms with van der Waals surface area (Å²) in [5.74, 6) is -2.19. The fourth-order valence-corrected chi connectivity index (χ4v) is 0.947. The number of hydrogen-bond donors (Lipinski definition) is 1. The average molecular weight is 230 g/mol. The van der Waals surface area contributed by atoms with Gasteiger partial charge in [-0.05, 0) is 13.3 Å². The van der Waals surface area contributed by atoms with Gasteiger partial charge in [-0.25, -0.2) is 9.59 Å². The van der Waals surface area contributed by atoms with Gasteiger partial charge in [-0.1, -0.05) is 19.8 Å². The number of carbonyl (C=O) groups is 2. The van der Waals surface area contributed by atoms with Crippen LogP contribution in [0.3, 0.4) is 0 Å². The number of aliphatic carboxylic acids is 1. The Morgan fingerprint density at radius 2 is 1.94 bits per heavy atom. The predicted molar refractivity (Wildman–Crippen MR) is 57.8 cm³/mol. The van der Waals surface area contributed by atoms with Crippen LogP contribution in [0.15, 0.2) is 11.8 Å². The molecule has 1 N–H and O–H groups in total. The summed E-state index contributed by atoms with van der Waals surface area (Å²) in [4.78, 5) is 22.0. The lowest BCUT2D eigenvalue weighted by Gasteiger charge is -2.04. The SMILES string of the molecule is CCCCCOC(=O)C(=COCC)C(=O)O. The molecule has 0 unspecified atom stereocenters. The van der Waals surface area contributed by atoms with E-state index in [0.29, 0.717) is 6.61 Å². The van der Waals surface area contributed by atoms with Crippen LogP contribution in [0.5, 0.6) is 0 Å². The quantitative estimate of drug-likeness (QED) is 0.172. The monoisotopic (exact) mass is 230 g/mol. The summed E-state index contributed by atoms with van der Waals surface area (Å²) in [7, 11) is 0. The molecular weight excluding hydrogens is 212 g/mol. The van der Waals surface area contributed by atoms with Gasteiger partial charge in [0.05, 0.1) is 13.2 Å². The van der Waals surface area contributed by atoms with Gasteiger partial charge in [0, 0.05) is 0 Å². The maximum Gasteiger partial charge on any atom is 0.348 e. The molecule has 92 valence electrons. The van der Waals surface area contributed by atoms with Crippen LogP contribution in [-0.2, 0) is 19.1 Å². The van der Waals surface area contributed by atoms with Crippen LogP contribution in [0.1, 0.15) is 33.1 Å². The zero-order valence-electron chi connectivity index (χ0n) is 9.69. The molecule has 0 aliphatic rings. The third-order valence-electron chi connectivity index (χ3n) is 1.80. The first-order chi connectivity index (χ1) is 7.63. The first-order valence-corrected chi connectivity index (χ1v) is 5.35. The summed E-state index contributed by atoms with van der Waals surface area (Å²) in [6.07, 6.45) is 3.62. The summed E-state index contributed by atoms with van der Waals surface area (Å²) in [5.41, 5.74) is -0.474. The standard InChI is InChI=1S/C11H18O5/c1-3-5-6-7-16-11(14)9(10(12)13)8-15-4-2/h8H,3-7H2,1-2H3,(H,12,13). The van der Waals surface area contributed by atoms with Gasteiger partial charge >= 0.3 is 11.9 Å². The van der Waals surface area contributed by atoms with Crippen molar-refractivity contribution in [2.75, 3.05) is 13.2 Å². The third kappa shape index (κ3) is 6.06. The molecule has 0 amide bonds. The number of carboxylic acid groups (broad SMARTS) is 1. The van der Waals surface area contributed by atoms with E-state index in [1.165, 1.54) is 0 Å². The van der Waals surface area contributed by atoms with Gasteiger partial charge in [0.15, 0.2) is 5.57 Å². The molecule has 0 saturated carbocycles. The number of ether oxygens (including phenoxy) is 2. The molecule has 16 heavy (non-hydrogen) atoms. The minimum atomic E-state index is -1.34. The molecule has 5 nitrogen and oxygen atoms in total. The fourth-order valence-electron chi connectivity index (χ4n) is 0.947. The molecule has 0 atom stereocenters. The maximum atomic E-state index is 11.3. The molecule has 0 saturated heterocycles. The lowest BCUT2D eigenvalue weighted by atomic mass is 10.2. The Morgan fingerprint density at radius 3 is 2.44 bits per heavy atom. The molecule has 0 radical (unpaired) electrons. The van der Waals surface area contributed by atoms with E-state index in [2.05, 4.69) is 0 Å². The van der Waals surface area contributed by atoms with Crippen molar-refractivity contribution in [3.8, 4) is 0 Å². The van der Waals surface area contributed by atoms with Gasteiger partial charge in [-0.3, -0.25) is 0 Å². The Morgan fingerprint density at radius 1 is 1.25 bits per heavy atom. The minimum absolute atomic E-state index is 0.240. The normalized spacial score (nSPS) is 11.0. The number of esters is 1. The van der Waals surface area contributed by atoms with Crippen molar-refractivity contribution in [2.24, 2.45) is 0 Å². The Labute approximate surface area is 95.0 Å². The number of carboxylic acids is 1. The smallest absolute Gasteiger partial charge is 0.348 e. The molecule has 0 rings (SSSR count). The number of unbranched alkanes of at least 4 members (excludes halogenated alkanes) is 2. The van der Waals surface area contributed by atoms with Crippen molar-refractivity contribution in [1.82, 2.24) is 0 Å². The van der Waals surface area contributed by atoms with Crippen molar-refractivity contribution in [1.29, 1.82) is 0 Å². The molecule has 0 heterocycles. The van der Waals surface area contributed by atoms with Crippen LogP contribution < -0.4 is 0 Å². The number of rotatable bonds is 8. The minimum Gasteiger partial charge on any atom is -0.500 e. The van der Waals surface area contributed by atoms with Crippen LogP contribution in [0.2, 0.25) is 0 Å². The maximum absolute atomic E-state index is 11.3. The predicted octanol–water partition coefficient (Wildman–Crippen LogP) is 1.72. The van der Waals surface area contributed by atoms with Crippen molar-refractivity contribution in [2.45, 2.75) is 33.1 Å². The second-order valence-corrected chi connectivity index (χ2v) is 3.14. The van der Waals surface area contributed by atoms with Crippen molar-refractivity contribution >= 4 is 11.9 Å². The molecule has 0 spiro atoms. The summed E-state index contributed by atoms with van der Waals surface area (Å²) in [6, 6.07) is 0. The van der Waals surface area contributed by atoms with Gasteiger partial charge in [-0.2, -0.15) is 0 Å². The number of hydrogen-bond acceptors (Lipinski definition) is 4. The molecule has 0 bridgehead atoms. The van der Waals surface area contributed by atoms with Gasteiger partial charge in [-0.15, -0.1) is 0 Å². The highest BCUT2D eigenvalue weighted by Crippen LogP contribution is 2.02. The van der Waals surface area contributed by atoms with Crippen LogP contribution in [-0.4, -0.2) is 30.3 Å². The highest BCUT2D eigenvalue weighted by molar-refractivity contribution is 6.12. The van der Waals surface area contributed by atoms with E-state index < -0.39 is 17.5 Å². The molecule has 0 aliphatic carbocycles. The van der Waals surface area contributed by atoms with E-state index in [9.17, 15) is 9.59 Å². The van der Waals surface area contributed by atoms with Crippen LogP contribution in [0, 0.1) is 0 Å². The molecule has 5 heteroatoms. The van der Waals surface area contributed by atoms with Gasteiger partial charge in [0.2, 0.25) is 0 Å². The molecule has 0 aromatic rings. The number of carbonyl (C=O) groups excluding carboxylic acids is 1. The van der Waals surface area contributed by atoms with Gasteiger partial charge in [0.25, 0.3) is 0 Å². The Hall–Kier alpha value is -1.52. The van der Waals surface area contributed by atoms with E-state index >= 15 is 0 Å². The molecule has 0 fully saturated rings. The van der Waals surface area contributed by atoms with E-state index in [0.717, 1.165) is 25.5 Å². The average Bonchev–Trinajstić information content (AvgIpc) is 2.24. The zero-order valence-corrected chi connectivity index (χ0v) is 9.69. The van der Waals surface area contributed by atoms with E-state index in [4.69, 9.17) is 14.6 Å². The highest BCUT2D eigenvalue weighted by Gasteiger charge is 2.19. The Kier molecular flexibility index (Phi) is 7.93. The first-order valence-electron chi connectivity index (χ1n) is 5.35. The molecule has 0 aliphatic heterocycles. The first kappa shape index (κ1) is 14.5. The second kappa shape index (κ2) is 8.76. The Bertz CT molecular complexity index is 257. The third-order valence-corrected chi connectivity index (χ3v) is 1.80. The van der Waals surface area contributed by atoms with Gasteiger partial charge in [0.1, 0.15) is 6.26 Å². The largest absolute Gasteiger partial charge is 0.500 e.